The molecular formula is C10H10F3N3O. The van der Waals surface area contributed by atoms with Gasteiger partial charge in [-0.2, -0.15) is 13.2 Å². The van der Waals surface area contributed by atoms with Crippen molar-refractivity contribution in [2.75, 3.05) is 11.7 Å². The van der Waals surface area contributed by atoms with Crippen molar-refractivity contribution in [2.45, 2.75) is 12.7 Å². The molecular weight excluding hydrogens is 235 g/mol. The standard InChI is InChI=1S/C10H10F3N3O/c11-10(12,13)15-7-6-9(17)14-16(15)8-4-2-1-3-5-8/h1-5H,6-7H2,(H,14,17). The summed E-state index contributed by atoms with van der Waals surface area (Å²) >= 11 is 0. The van der Waals surface area contributed by atoms with Crippen molar-refractivity contribution in [3.8, 4) is 0 Å². The first kappa shape index (κ1) is 11.7. The van der Waals surface area contributed by atoms with Gasteiger partial charge in [-0.1, -0.05) is 18.2 Å². The van der Waals surface area contributed by atoms with E-state index in [0.29, 0.717) is 0 Å². The highest BCUT2D eigenvalue weighted by Gasteiger charge is 2.44. The van der Waals surface area contributed by atoms with E-state index in [2.05, 4.69) is 5.43 Å². The molecule has 0 atom stereocenters. The quantitative estimate of drug-likeness (QED) is 0.764. The summed E-state index contributed by atoms with van der Waals surface area (Å²) in [6.07, 6.45) is -4.70. The van der Waals surface area contributed by atoms with E-state index in [1.807, 2.05) is 0 Å². The molecule has 7 heteroatoms. The number of alkyl halides is 3. The summed E-state index contributed by atoms with van der Waals surface area (Å²) in [5.41, 5.74) is 2.45. The number of carbonyl (C=O) groups excluding carboxylic acids is 1. The Kier molecular flexibility index (Phi) is 2.93. The molecule has 1 N–H and O–H groups in total. The van der Waals surface area contributed by atoms with Gasteiger partial charge < -0.3 is 0 Å². The molecule has 0 aromatic heterocycles. The predicted octanol–water partition coefficient (Wildman–Crippen LogP) is 1.66. The molecule has 2 rings (SSSR count). The lowest BCUT2D eigenvalue weighted by Crippen LogP contribution is -2.63. The molecule has 1 heterocycles. The Balaban J connectivity index is 2.30. The number of carbonyl (C=O) groups is 1. The Labute approximate surface area is 95.6 Å². The fourth-order valence-corrected chi connectivity index (χ4v) is 1.56. The van der Waals surface area contributed by atoms with Crippen LogP contribution in [0.5, 0.6) is 0 Å². The van der Waals surface area contributed by atoms with Crippen molar-refractivity contribution in [1.29, 1.82) is 0 Å². The molecule has 1 saturated heterocycles. The first-order chi connectivity index (χ1) is 7.98. The van der Waals surface area contributed by atoms with Gasteiger partial charge >= 0.3 is 6.30 Å². The van der Waals surface area contributed by atoms with E-state index in [1.165, 1.54) is 12.1 Å². The van der Waals surface area contributed by atoms with Gasteiger partial charge in [-0.25, -0.2) is 5.12 Å². The SMILES string of the molecule is O=C1CCN(C(F)(F)F)N(c2ccccc2)N1. The summed E-state index contributed by atoms with van der Waals surface area (Å²) in [6, 6.07) is 7.87. The summed E-state index contributed by atoms with van der Waals surface area (Å²) in [4.78, 5) is 11.2. The van der Waals surface area contributed by atoms with Crippen LogP contribution in [0.15, 0.2) is 30.3 Å². The molecule has 1 aromatic carbocycles. The van der Waals surface area contributed by atoms with Crippen molar-refractivity contribution in [1.82, 2.24) is 10.4 Å². The maximum absolute atomic E-state index is 12.7. The molecule has 1 aliphatic heterocycles. The third kappa shape index (κ3) is 2.50. The van der Waals surface area contributed by atoms with Crippen LogP contribution in [0.25, 0.3) is 0 Å². The Morgan fingerprint density at radius 2 is 1.82 bits per heavy atom. The Hall–Kier alpha value is -1.76. The number of para-hydroxylation sites is 1. The average molecular weight is 245 g/mol. The third-order valence-electron chi connectivity index (χ3n) is 2.32. The zero-order valence-corrected chi connectivity index (χ0v) is 8.74. The Morgan fingerprint density at radius 3 is 2.41 bits per heavy atom. The number of halogens is 3. The summed E-state index contributed by atoms with van der Waals surface area (Å²) in [5, 5.41) is 0.898. The second kappa shape index (κ2) is 4.25. The largest absolute Gasteiger partial charge is 0.479 e. The fraction of sp³-hybridized carbons (Fsp3) is 0.300. The second-order valence-electron chi connectivity index (χ2n) is 3.52. The number of hydrazine groups is 2. The maximum Gasteiger partial charge on any atom is 0.479 e. The van der Waals surface area contributed by atoms with Crippen LogP contribution in [0.1, 0.15) is 6.42 Å². The highest BCUT2D eigenvalue weighted by molar-refractivity contribution is 5.78. The van der Waals surface area contributed by atoms with Crippen LogP contribution in [0.4, 0.5) is 18.9 Å². The number of nitrogens with one attached hydrogen (secondary N) is 1. The number of anilines is 1. The molecule has 0 unspecified atom stereocenters. The monoisotopic (exact) mass is 245 g/mol. The van der Waals surface area contributed by atoms with Gasteiger partial charge in [0.1, 0.15) is 0 Å². The minimum absolute atomic E-state index is 0.170. The smallest absolute Gasteiger partial charge is 0.273 e. The van der Waals surface area contributed by atoms with Gasteiger partial charge in [-0.15, -0.1) is 5.01 Å². The van der Waals surface area contributed by atoms with E-state index in [4.69, 9.17) is 0 Å². The van der Waals surface area contributed by atoms with Crippen LogP contribution >= 0.6 is 0 Å². The maximum atomic E-state index is 12.7. The zero-order chi connectivity index (χ0) is 12.5. The topological polar surface area (TPSA) is 35.6 Å². The molecule has 1 fully saturated rings. The Morgan fingerprint density at radius 1 is 1.18 bits per heavy atom. The second-order valence-corrected chi connectivity index (χ2v) is 3.52. The van der Waals surface area contributed by atoms with Crippen LogP contribution in [0.2, 0.25) is 0 Å². The van der Waals surface area contributed by atoms with Gasteiger partial charge in [-0.3, -0.25) is 10.2 Å². The first-order valence-electron chi connectivity index (χ1n) is 4.97. The molecule has 0 bridgehead atoms. The molecule has 1 aliphatic rings. The number of nitrogens with zero attached hydrogens (tertiary/aromatic N) is 2. The van der Waals surface area contributed by atoms with E-state index in [1.54, 1.807) is 18.2 Å². The van der Waals surface area contributed by atoms with Gasteiger partial charge in [0.2, 0.25) is 5.91 Å². The van der Waals surface area contributed by atoms with Crippen LogP contribution in [-0.2, 0) is 4.79 Å². The summed E-state index contributed by atoms with van der Waals surface area (Å²) in [7, 11) is 0. The van der Waals surface area contributed by atoms with Crippen molar-refractivity contribution in [3.05, 3.63) is 30.3 Å². The Bertz CT molecular complexity index is 407. The van der Waals surface area contributed by atoms with Gasteiger partial charge in [0.25, 0.3) is 0 Å². The highest BCUT2D eigenvalue weighted by Crippen LogP contribution is 2.28. The van der Waals surface area contributed by atoms with Crippen LogP contribution in [0.3, 0.4) is 0 Å². The number of hydrogen-bond acceptors (Lipinski definition) is 3. The summed E-state index contributed by atoms with van der Waals surface area (Å²) in [6.45, 7) is -0.385. The predicted molar refractivity (Wildman–Crippen MR) is 54.4 cm³/mol. The molecule has 0 saturated carbocycles. The molecule has 92 valence electrons. The summed E-state index contributed by atoms with van der Waals surface area (Å²) in [5.74, 6) is -0.436. The molecule has 1 amide bonds. The van der Waals surface area contributed by atoms with Crippen LogP contribution < -0.4 is 10.5 Å². The van der Waals surface area contributed by atoms with E-state index in [-0.39, 0.29) is 23.7 Å². The molecule has 0 spiro atoms. The minimum atomic E-state index is -4.52. The first-order valence-corrected chi connectivity index (χ1v) is 4.97. The number of rotatable bonds is 1. The summed E-state index contributed by atoms with van der Waals surface area (Å²) < 4.78 is 38.2. The lowest BCUT2D eigenvalue weighted by molar-refractivity contribution is -0.255. The van der Waals surface area contributed by atoms with Gasteiger partial charge in [0, 0.05) is 13.0 Å². The normalized spacial score (nSPS) is 18.1. The molecule has 1 aromatic rings. The molecule has 17 heavy (non-hydrogen) atoms. The van der Waals surface area contributed by atoms with Crippen molar-refractivity contribution >= 4 is 11.6 Å². The van der Waals surface area contributed by atoms with E-state index in [9.17, 15) is 18.0 Å². The number of amides is 1. The van der Waals surface area contributed by atoms with Crippen LogP contribution in [-0.4, -0.2) is 23.8 Å². The van der Waals surface area contributed by atoms with E-state index >= 15 is 0 Å². The number of benzene rings is 1. The fourth-order valence-electron chi connectivity index (χ4n) is 1.56. The van der Waals surface area contributed by atoms with Gasteiger partial charge in [0.15, 0.2) is 0 Å². The number of hydrogen-bond donors (Lipinski definition) is 1. The van der Waals surface area contributed by atoms with E-state index in [0.717, 1.165) is 5.12 Å². The van der Waals surface area contributed by atoms with Gasteiger partial charge in [0.05, 0.1) is 5.69 Å². The third-order valence-corrected chi connectivity index (χ3v) is 2.32. The molecule has 0 radical (unpaired) electrons. The minimum Gasteiger partial charge on any atom is -0.273 e. The van der Waals surface area contributed by atoms with Crippen molar-refractivity contribution in [3.63, 3.8) is 0 Å². The lowest BCUT2D eigenvalue weighted by Gasteiger charge is -2.39. The van der Waals surface area contributed by atoms with E-state index < -0.39 is 12.2 Å². The highest BCUT2D eigenvalue weighted by atomic mass is 19.4. The lowest BCUT2D eigenvalue weighted by atomic mass is 10.3. The van der Waals surface area contributed by atoms with Crippen molar-refractivity contribution in [2.24, 2.45) is 0 Å². The van der Waals surface area contributed by atoms with Crippen molar-refractivity contribution < 1.29 is 18.0 Å². The average Bonchev–Trinajstić information content (AvgIpc) is 2.28. The van der Waals surface area contributed by atoms with Gasteiger partial charge in [-0.05, 0) is 12.1 Å². The zero-order valence-electron chi connectivity index (χ0n) is 8.74. The molecule has 4 nitrogen and oxygen atoms in total. The molecule has 0 aliphatic carbocycles. The van der Waals surface area contributed by atoms with Crippen LogP contribution in [0, 0.1) is 0 Å².